The Bertz CT molecular complexity index is 2110. The van der Waals surface area contributed by atoms with Gasteiger partial charge in [0, 0.05) is 40.2 Å². The number of benzene rings is 7. The zero-order valence-corrected chi connectivity index (χ0v) is 25.1. The number of ether oxygens (including phenoxy) is 2. The molecule has 0 saturated heterocycles. The lowest BCUT2D eigenvalue weighted by Gasteiger charge is -2.27. The number of fused-ring (bicyclic) bond motifs is 10. The van der Waals surface area contributed by atoms with Crippen molar-refractivity contribution in [2.45, 2.75) is 6.54 Å². The number of rotatable bonds is 4. The van der Waals surface area contributed by atoms with Crippen molar-refractivity contribution in [1.29, 1.82) is 0 Å². The average Bonchev–Trinajstić information content (AvgIpc) is 3.35. The predicted octanol–water partition coefficient (Wildman–Crippen LogP) is 11.9. The van der Waals surface area contributed by atoms with Gasteiger partial charge in [-0.1, -0.05) is 115 Å². The summed E-state index contributed by atoms with van der Waals surface area (Å²) in [6.07, 6.45) is 0. The first kappa shape index (κ1) is 26.4. The molecule has 0 amide bonds. The van der Waals surface area contributed by atoms with Crippen LogP contribution in [0.15, 0.2) is 164 Å². The summed E-state index contributed by atoms with van der Waals surface area (Å²) in [5.41, 5.74) is 12.4. The quantitative estimate of drug-likeness (QED) is 0.203. The van der Waals surface area contributed by atoms with Crippen molar-refractivity contribution >= 4 is 11.4 Å². The molecule has 3 heteroatoms. The molecule has 0 saturated carbocycles. The monoisotopic (exact) mass is 591 g/mol. The summed E-state index contributed by atoms with van der Waals surface area (Å²) in [5, 5.41) is 0. The van der Waals surface area contributed by atoms with E-state index in [1.54, 1.807) is 0 Å². The molecule has 9 rings (SSSR count). The maximum atomic E-state index is 6.48. The van der Waals surface area contributed by atoms with E-state index >= 15 is 0 Å². The minimum atomic E-state index is 0.710. The Morgan fingerprint density at radius 2 is 0.696 bits per heavy atom. The third-order valence-corrected chi connectivity index (χ3v) is 8.96. The average molecular weight is 592 g/mol. The largest absolute Gasteiger partial charge is 0.456 e. The predicted molar refractivity (Wildman–Crippen MR) is 187 cm³/mol. The van der Waals surface area contributed by atoms with E-state index in [0.717, 1.165) is 78.9 Å². The van der Waals surface area contributed by atoms with Gasteiger partial charge in [-0.3, -0.25) is 0 Å². The third kappa shape index (κ3) is 4.44. The van der Waals surface area contributed by atoms with Crippen molar-refractivity contribution in [3.63, 3.8) is 0 Å². The third-order valence-electron chi connectivity index (χ3n) is 8.96. The van der Waals surface area contributed by atoms with Crippen LogP contribution in [0, 0.1) is 0 Å². The van der Waals surface area contributed by atoms with E-state index in [4.69, 9.17) is 9.47 Å². The summed E-state index contributed by atoms with van der Waals surface area (Å²) < 4.78 is 13.0. The highest BCUT2D eigenvalue weighted by Crippen LogP contribution is 2.50. The van der Waals surface area contributed by atoms with Crippen LogP contribution >= 0.6 is 0 Å². The van der Waals surface area contributed by atoms with Crippen LogP contribution in [0.2, 0.25) is 0 Å². The maximum absolute atomic E-state index is 6.48. The van der Waals surface area contributed by atoms with Crippen molar-refractivity contribution in [2.24, 2.45) is 0 Å². The first-order valence-electron chi connectivity index (χ1n) is 15.6. The van der Waals surface area contributed by atoms with Gasteiger partial charge in [-0.25, -0.2) is 0 Å². The molecular weight excluding hydrogens is 562 g/mol. The van der Waals surface area contributed by atoms with Gasteiger partial charge in [-0.05, 0) is 76.3 Å². The molecule has 0 aromatic heterocycles. The van der Waals surface area contributed by atoms with Crippen molar-refractivity contribution in [1.82, 2.24) is 0 Å². The van der Waals surface area contributed by atoms with Crippen LogP contribution in [0.25, 0.3) is 44.5 Å². The molecule has 2 aliphatic heterocycles. The Hall–Kier alpha value is -6.06. The first-order valence-corrected chi connectivity index (χ1v) is 15.6. The van der Waals surface area contributed by atoms with Crippen molar-refractivity contribution in [3.05, 3.63) is 169 Å². The van der Waals surface area contributed by atoms with Gasteiger partial charge in [-0.15, -0.1) is 0 Å². The van der Waals surface area contributed by atoms with E-state index in [0.29, 0.717) is 6.54 Å². The Morgan fingerprint density at radius 1 is 0.326 bits per heavy atom. The molecule has 2 heterocycles. The van der Waals surface area contributed by atoms with E-state index in [1.807, 2.05) is 36.4 Å². The van der Waals surface area contributed by atoms with Crippen molar-refractivity contribution in [3.8, 4) is 67.5 Å². The molecule has 2 aliphatic rings. The number of hydrogen-bond donors (Lipinski definition) is 0. The Labute approximate surface area is 268 Å². The summed E-state index contributed by atoms with van der Waals surface area (Å²) in [4.78, 5) is 2.41. The summed E-state index contributed by atoms with van der Waals surface area (Å²) >= 11 is 0. The topological polar surface area (TPSA) is 21.7 Å². The summed E-state index contributed by atoms with van der Waals surface area (Å²) in [5.74, 6) is 3.46. The van der Waals surface area contributed by atoms with Crippen LogP contribution in [-0.2, 0) is 6.54 Å². The van der Waals surface area contributed by atoms with Gasteiger partial charge in [0.1, 0.15) is 23.0 Å². The molecule has 218 valence electrons. The van der Waals surface area contributed by atoms with Crippen molar-refractivity contribution < 1.29 is 9.47 Å². The second-order valence-corrected chi connectivity index (χ2v) is 11.7. The Morgan fingerprint density at radius 3 is 1.13 bits per heavy atom. The van der Waals surface area contributed by atoms with Gasteiger partial charge < -0.3 is 14.4 Å². The van der Waals surface area contributed by atoms with Crippen LogP contribution in [0.1, 0.15) is 5.56 Å². The highest BCUT2D eigenvalue weighted by molar-refractivity contribution is 5.95. The number of nitrogens with zero attached hydrogens (tertiary/aromatic N) is 1. The van der Waals surface area contributed by atoms with E-state index in [9.17, 15) is 0 Å². The highest BCUT2D eigenvalue weighted by atomic mass is 16.5. The molecule has 7 aromatic carbocycles. The minimum Gasteiger partial charge on any atom is -0.456 e. The lowest BCUT2D eigenvalue weighted by molar-refractivity contribution is 0.487. The standard InChI is InChI=1S/C43H29NO2/c1-2-12-29(13-3-1)28-44(30-22-24-32-34-14-4-8-18-40(34)45-42-20-10-6-16-36(42)38(32)26-30)31-23-25-33-35-15-5-9-19-41(35)46-43-21-11-7-17-37(43)39(33)27-31/h1-27H,28H2. The van der Waals surface area contributed by atoms with Gasteiger partial charge in [0.25, 0.3) is 0 Å². The number of anilines is 2. The zero-order valence-electron chi connectivity index (χ0n) is 25.1. The van der Waals surface area contributed by atoms with E-state index in [-0.39, 0.29) is 0 Å². The van der Waals surface area contributed by atoms with Crippen molar-refractivity contribution in [2.75, 3.05) is 4.90 Å². The molecule has 3 nitrogen and oxygen atoms in total. The maximum Gasteiger partial charge on any atom is 0.135 e. The zero-order chi connectivity index (χ0) is 30.5. The Kier molecular flexibility index (Phi) is 6.20. The van der Waals surface area contributed by atoms with Crippen LogP contribution in [0.5, 0.6) is 23.0 Å². The molecule has 0 radical (unpaired) electrons. The normalized spacial score (nSPS) is 11.9. The van der Waals surface area contributed by atoms with E-state index in [2.05, 4.69) is 132 Å². The molecule has 0 fully saturated rings. The second-order valence-electron chi connectivity index (χ2n) is 11.7. The van der Waals surface area contributed by atoms with Crippen LogP contribution in [-0.4, -0.2) is 0 Å². The molecule has 0 aliphatic carbocycles. The second kappa shape index (κ2) is 10.8. The van der Waals surface area contributed by atoms with Gasteiger partial charge in [-0.2, -0.15) is 0 Å². The Balaban J connectivity index is 1.25. The summed E-state index contributed by atoms with van der Waals surface area (Å²) in [6, 6.07) is 57.5. The van der Waals surface area contributed by atoms with Crippen LogP contribution < -0.4 is 14.4 Å². The molecule has 0 atom stereocenters. The molecular formula is C43H29NO2. The van der Waals surface area contributed by atoms with E-state index < -0.39 is 0 Å². The van der Waals surface area contributed by atoms with Gasteiger partial charge in [0.15, 0.2) is 0 Å². The molecule has 0 N–H and O–H groups in total. The molecule has 0 bridgehead atoms. The fraction of sp³-hybridized carbons (Fsp3) is 0.0233. The highest BCUT2D eigenvalue weighted by Gasteiger charge is 2.24. The lowest BCUT2D eigenvalue weighted by atomic mass is 9.92. The minimum absolute atomic E-state index is 0.710. The fourth-order valence-electron chi connectivity index (χ4n) is 6.76. The van der Waals surface area contributed by atoms with Gasteiger partial charge in [0.05, 0.1) is 0 Å². The molecule has 0 unspecified atom stereocenters. The lowest BCUT2D eigenvalue weighted by Crippen LogP contribution is -2.16. The SMILES string of the molecule is c1ccc(CN(c2ccc3c(c2)-c2ccccc2Oc2ccccc2-3)c2ccc3c(c2)-c2ccccc2Oc2ccccc2-3)cc1. The fourth-order valence-corrected chi connectivity index (χ4v) is 6.76. The van der Waals surface area contributed by atoms with Crippen LogP contribution in [0.4, 0.5) is 11.4 Å². The molecule has 0 spiro atoms. The van der Waals surface area contributed by atoms with Gasteiger partial charge in [0.2, 0.25) is 0 Å². The first-order chi connectivity index (χ1) is 22.8. The summed E-state index contributed by atoms with van der Waals surface area (Å²) in [7, 11) is 0. The van der Waals surface area contributed by atoms with Crippen LogP contribution in [0.3, 0.4) is 0 Å². The number of hydrogen-bond acceptors (Lipinski definition) is 3. The summed E-state index contributed by atoms with van der Waals surface area (Å²) in [6.45, 7) is 0.710. The smallest absolute Gasteiger partial charge is 0.135 e. The molecule has 46 heavy (non-hydrogen) atoms. The molecule has 7 aromatic rings. The van der Waals surface area contributed by atoms with E-state index in [1.165, 1.54) is 5.56 Å². The number of para-hydroxylation sites is 4. The van der Waals surface area contributed by atoms with Gasteiger partial charge >= 0.3 is 0 Å².